The molecule has 0 unspecified atom stereocenters. The lowest BCUT2D eigenvalue weighted by Crippen LogP contribution is -2.28. The first-order valence-electron chi connectivity index (χ1n) is 9.84. The summed E-state index contributed by atoms with van der Waals surface area (Å²) in [5, 5.41) is 9.41. The van der Waals surface area contributed by atoms with Crippen LogP contribution in [0.25, 0.3) is 16.9 Å². The van der Waals surface area contributed by atoms with Crippen molar-refractivity contribution in [3.8, 4) is 17.4 Å². The number of benzene rings is 2. The van der Waals surface area contributed by atoms with Crippen LogP contribution in [0.3, 0.4) is 0 Å². The van der Waals surface area contributed by atoms with E-state index in [0.717, 1.165) is 42.8 Å². The van der Waals surface area contributed by atoms with Crippen molar-refractivity contribution in [1.82, 2.24) is 19.7 Å². The van der Waals surface area contributed by atoms with Gasteiger partial charge in [0.05, 0.1) is 5.52 Å². The molecular weight excluding hydrogens is 402 g/mol. The highest BCUT2D eigenvalue weighted by Gasteiger charge is 2.17. The second-order valence-corrected chi connectivity index (χ2v) is 7.53. The van der Waals surface area contributed by atoms with E-state index in [0.29, 0.717) is 28.5 Å². The highest BCUT2D eigenvalue weighted by Crippen LogP contribution is 2.30. The maximum absolute atomic E-state index is 6.01. The smallest absolute Gasteiger partial charge is 0.253 e. The minimum absolute atomic E-state index is 0.295. The quantitative estimate of drug-likeness (QED) is 0.496. The first kappa shape index (κ1) is 18.8. The second-order valence-electron chi connectivity index (χ2n) is 7.09. The molecule has 5 rings (SSSR count). The molecule has 7 nitrogen and oxygen atoms in total. The molecule has 2 aromatic carbocycles. The highest BCUT2D eigenvalue weighted by molar-refractivity contribution is 6.30. The third-order valence-electron chi connectivity index (χ3n) is 4.98. The molecule has 30 heavy (non-hydrogen) atoms. The Balaban J connectivity index is 1.53. The molecule has 0 amide bonds. The maximum Gasteiger partial charge on any atom is 0.253 e. The average Bonchev–Trinajstić information content (AvgIpc) is 3.31. The largest absolute Gasteiger partial charge is 0.457 e. The predicted octanol–water partition coefficient (Wildman–Crippen LogP) is 4.85. The van der Waals surface area contributed by atoms with Crippen LogP contribution < -0.4 is 10.1 Å². The molecule has 0 aliphatic carbocycles. The van der Waals surface area contributed by atoms with Crippen molar-refractivity contribution in [1.29, 1.82) is 0 Å². The lowest BCUT2D eigenvalue weighted by Gasteiger charge is -2.24. The molecular formula is C22H20ClN5O2. The highest BCUT2D eigenvalue weighted by atomic mass is 35.5. The van der Waals surface area contributed by atoms with E-state index in [4.69, 9.17) is 26.1 Å². The van der Waals surface area contributed by atoms with Gasteiger partial charge in [0, 0.05) is 42.1 Å². The third-order valence-corrected chi connectivity index (χ3v) is 5.23. The minimum Gasteiger partial charge on any atom is -0.457 e. The maximum atomic E-state index is 6.01. The van der Waals surface area contributed by atoms with Crippen molar-refractivity contribution in [3.05, 3.63) is 65.9 Å². The molecule has 0 bridgehead atoms. The van der Waals surface area contributed by atoms with Crippen LogP contribution in [0, 0.1) is 0 Å². The van der Waals surface area contributed by atoms with Crippen LogP contribution in [0.5, 0.6) is 11.5 Å². The Morgan fingerprint density at radius 3 is 2.60 bits per heavy atom. The zero-order valence-electron chi connectivity index (χ0n) is 16.2. The summed E-state index contributed by atoms with van der Waals surface area (Å²) >= 11 is 5.97. The van der Waals surface area contributed by atoms with E-state index in [9.17, 15) is 0 Å². The van der Waals surface area contributed by atoms with E-state index < -0.39 is 0 Å². The molecule has 152 valence electrons. The summed E-state index contributed by atoms with van der Waals surface area (Å²) in [6.07, 6.45) is 5.41. The van der Waals surface area contributed by atoms with Gasteiger partial charge in [0.2, 0.25) is 0 Å². The standard InChI is InChI=1S/C22H20ClN5O2/c23-15-2-4-17(5-3-15)30-18-6-7-20-19(14-18)21(25-16-8-12-29-13-9-16)27-22(26-20)28-11-1-10-24-28/h1-7,10-11,14,16H,8-9,12-13H2,(H,25,26,27). The number of anilines is 1. The lowest BCUT2D eigenvalue weighted by molar-refractivity contribution is 0.0904. The van der Waals surface area contributed by atoms with Gasteiger partial charge in [-0.1, -0.05) is 11.6 Å². The van der Waals surface area contributed by atoms with Gasteiger partial charge >= 0.3 is 0 Å². The fourth-order valence-corrected chi connectivity index (χ4v) is 3.56. The Labute approximate surface area is 178 Å². The van der Waals surface area contributed by atoms with Crippen LogP contribution in [0.2, 0.25) is 5.02 Å². The van der Waals surface area contributed by atoms with Crippen molar-refractivity contribution in [2.75, 3.05) is 18.5 Å². The van der Waals surface area contributed by atoms with Gasteiger partial charge in [-0.2, -0.15) is 10.1 Å². The Morgan fingerprint density at radius 1 is 1.03 bits per heavy atom. The van der Waals surface area contributed by atoms with Gasteiger partial charge in [0.1, 0.15) is 17.3 Å². The number of rotatable bonds is 5. The number of halogens is 1. The molecule has 8 heteroatoms. The van der Waals surface area contributed by atoms with Crippen molar-refractivity contribution in [2.24, 2.45) is 0 Å². The minimum atomic E-state index is 0.295. The van der Waals surface area contributed by atoms with Crippen molar-refractivity contribution in [3.63, 3.8) is 0 Å². The second kappa shape index (κ2) is 8.30. The van der Waals surface area contributed by atoms with Gasteiger partial charge < -0.3 is 14.8 Å². The van der Waals surface area contributed by atoms with Crippen LogP contribution >= 0.6 is 11.6 Å². The third kappa shape index (κ3) is 4.08. The molecule has 0 radical (unpaired) electrons. The van der Waals surface area contributed by atoms with Crippen molar-refractivity contribution >= 4 is 28.3 Å². The Bertz CT molecular complexity index is 1140. The average molecular weight is 422 g/mol. The molecule has 1 aliphatic rings. The van der Waals surface area contributed by atoms with Gasteiger partial charge in [0.25, 0.3) is 5.95 Å². The molecule has 1 fully saturated rings. The SMILES string of the molecule is Clc1ccc(Oc2ccc3nc(-n4cccn4)nc(NC4CCOCC4)c3c2)cc1. The van der Waals surface area contributed by atoms with Crippen molar-refractivity contribution < 1.29 is 9.47 Å². The van der Waals surface area contributed by atoms with Gasteiger partial charge in [-0.3, -0.25) is 0 Å². The van der Waals surface area contributed by atoms with Gasteiger partial charge in [-0.15, -0.1) is 0 Å². The fraction of sp³-hybridized carbons (Fsp3) is 0.227. The summed E-state index contributed by atoms with van der Waals surface area (Å²) < 4.78 is 13.2. The Kier molecular flexibility index (Phi) is 5.21. The molecule has 3 heterocycles. The summed E-state index contributed by atoms with van der Waals surface area (Å²) in [6.45, 7) is 1.50. The summed E-state index contributed by atoms with van der Waals surface area (Å²) in [4.78, 5) is 9.44. The summed E-state index contributed by atoms with van der Waals surface area (Å²) in [7, 11) is 0. The van der Waals surface area contributed by atoms with Crippen molar-refractivity contribution in [2.45, 2.75) is 18.9 Å². The summed E-state index contributed by atoms with van der Waals surface area (Å²) in [6, 6.07) is 15.2. The van der Waals surface area contributed by atoms with Crippen LogP contribution in [0.1, 0.15) is 12.8 Å². The molecule has 0 saturated carbocycles. The Morgan fingerprint density at radius 2 is 1.83 bits per heavy atom. The molecule has 1 N–H and O–H groups in total. The van der Waals surface area contributed by atoms with Gasteiger partial charge in [-0.05, 0) is 61.4 Å². The number of hydrogen-bond donors (Lipinski definition) is 1. The van der Waals surface area contributed by atoms with Crippen LogP contribution in [0.15, 0.2) is 60.9 Å². The zero-order valence-corrected chi connectivity index (χ0v) is 16.9. The first-order valence-corrected chi connectivity index (χ1v) is 10.2. The van der Waals surface area contributed by atoms with E-state index in [-0.39, 0.29) is 0 Å². The molecule has 2 aromatic heterocycles. The number of hydrogen-bond acceptors (Lipinski definition) is 6. The fourth-order valence-electron chi connectivity index (χ4n) is 3.43. The van der Waals surface area contributed by atoms with Gasteiger partial charge in [-0.25, -0.2) is 9.67 Å². The van der Waals surface area contributed by atoms with E-state index in [1.807, 2.05) is 42.6 Å². The number of fused-ring (bicyclic) bond motifs is 1. The normalized spacial score (nSPS) is 14.7. The Hall–Kier alpha value is -3.16. The molecule has 0 atom stereocenters. The molecule has 4 aromatic rings. The van der Waals surface area contributed by atoms with E-state index in [1.165, 1.54) is 0 Å². The molecule has 1 aliphatic heterocycles. The first-order chi connectivity index (χ1) is 14.7. The summed E-state index contributed by atoms with van der Waals surface area (Å²) in [5.74, 6) is 2.70. The summed E-state index contributed by atoms with van der Waals surface area (Å²) in [5.41, 5.74) is 0.813. The van der Waals surface area contributed by atoms with E-state index in [1.54, 1.807) is 23.0 Å². The van der Waals surface area contributed by atoms with Gasteiger partial charge in [0.15, 0.2) is 0 Å². The van der Waals surface area contributed by atoms with Crippen LogP contribution in [0.4, 0.5) is 5.82 Å². The number of nitrogens with one attached hydrogen (secondary N) is 1. The zero-order chi connectivity index (χ0) is 20.3. The van der Waals surface area contributed by atoms with Crippen LogP contribution in [-0.2, 0) is 4.74 Å². The lowest BCUT2D eigenvalue weighted by atomic mass is 10.1. The van der Waals surface area contributed by atoms with Crippen LogP contribution in [-0.4, -0.2) is 39.0 Å². The monoisotopic (exact) mass is 421 g/mol. The predicted molar refractivity (Wildman–Crippen MR) is 116 cm³/mol. The number of nitrogens with zero attached hydrogens (tertiary/aromatic N) is 4. The molecule has 0 spiro atoms. The molecule has 1 saturated heterocycles. The number of ether oxygens (including phenoxy) is 2. The van der Waals surface area contributed by atoms with E-state index >= 15 is 0 Å². The number of aromatic nitrogens is 4. The topological polar surface area (TPSA) is 74.1 Å². The van der Waals surface area contributed by atoms with E-state index in [2.05, 4.69) is 15.4 Å².